The molecule has 2 aliphatic rings. The summed E-state index contributed by atoms with van der Waals surface area (Å²) in [5, 5.41) is 3.90. The monoisotopic (exact) mass is 271 g/mol. The largest absolute Gasteiger partial charge is 0.311 e. The molecule has 2 aliphatic carbocycles. The van der Waals surface area contributed by atoms with Crippen molar-refractivity contribution in [3.63, 3.8) is 0 Å². The van der Waals surface area contributed by atoms with Crippen LogP contribution in [0.3, 0.4) is 0 Å². The highest BCUT2D eigenvalue weighted by atomic mass is 15.0. The van der Waals surface area contributed by atoms with Crippen molar-refractivity contribution in [2.45, 2.75) is 76.8 Å². The molecule has 20 heavy (non-hydrogen) atoms. The van der Waals surface area contributed by atoms with Gasteiger partial charge in [-0.15, -0.1) is 0 Å². The molecular formula is C19H29N. The molecule has 1 N–H and O–H groups in total. The first-order chi connectivity index (χ1) is 9.72. The third-order valence-corrected chi connectivity index (χ3v) is 5.51. The van der Waals surface area contributed by atoms with Crippen LogP contribution in [0.15, 0.2) is 24.3 Å². The van der Waals surface area contributed by atoms with E-state index in [0.29, 0.717) is 0 Å². The van der Waals surface area contributed by atoms with Crippen LogP contribution in [0.2, 0.25) is 0 Å². The Bertz CT molecular complexity index is 427. The Hall–Kier alpha value is -0.820. The Balaban J connectivity index is 1.46. The van der Waals surface area contributed by atoms with Crippen LogP contribution >= 0.6 is 0 Å². The number of benzene rings is 1. The van der Waals surface area contributed by atoms with E-state index < -0.39 is 0 Å². The van der Waals surface area contributed by atoms with Crippen molar-refractivity contribution >= 4 is 0 Å². The molecule has 0 aromatic heterocycles. The van der Waals surface area contributed by atoms with Crippen molar-refractivity contribution in [1.82, 2.24) is 5.32 Å². The Kier molecular flexibility index (Phi) is 4.45. The van der Waals surface area contributed by atoms with E-state index in [1.807, 2.05) is 0 Å². The summed E-state index contributed by atoms with van der Waals surface area (Å²) in [5.41, 5.74) is 2.95. The van der Waals surface area contributed by atoms with Gasteiger partial charge in [0.05, 0.1) is 0 Å². The minimum atomic E-state index is 0.721. The molecule has 1 nitrogen and oxygen atoms in total. The molecule has 2 saturated carbocycles. The second-order valence-corrected chi connectivity index (χ2v) is 7.13. The lowest BCUT2D eigenvalue weighted by Gasteiger charge is -2.40. The molecular weight excluding hydrogens is 242 g/mol. The minimum Gasteiger partial charge on any atom is -0.311 e. The average Bonchev–Trinajstić information content (AvgIpc) is 2.43. The highest BCUT2D eigenvalue weighted by molar-refractivity contribution is 5.27. The topological polar surface area (TPSA) is 12.0 Å². The number of nitrogens with one attached hydrogen (secondary N) is 1. The highest BCUT2D eigenvalue weighted by Crippen LogP contribution is 2.38. The van der Waals surface area contributed by atoms with Crippen molar-refractivity contribution < 1.29 is 0 Å². The fraction of sp³-hybridized carbons (Fsp3) is 0.684. The van der Waals surface area contributed by atoms with E-state index in [2.05, 4.69) is 43.4 Å². The van der Waals surface area contributed by atoms with Gasteiger partial charge < -0.3 is 5.32 Å². The first-order valence-electron chi connectivity index (χ1n) is 8.55. The standard InChI is InChI=1S/C19H29N/c1-14-7-6-10-17(11-14)18-12-19(13-18)20-15(2)16-8-4-3-5-9-16/h6-7,10-11,15-16,18-20H,3-5,8-9,12-13H2,1-2H3/t15-,18?,19?/m1/s1. The van der Waals surface area contributed by atoms with E-state index in [1.165, 1.54) is 50.5 Å². The molecule has 0 bridgehead atoms. The second kappa shape index (κ2) is 6.30. The zero-order chi connectivity index (χ0) is 13.9. The predicted molar refractivity (Wildman–Crippen MR) is 86.1 cm³/mol. The van der Waals surface area contributed by atoms with Crippen molar-refractivity contribution in [1.29, 1.82) is 0 Å². The second-order valence-electron chi connectivity index (χ2n) is 7.13. The van der Waals surface area contributed by atoms with Gasteiger partial charge in [-0.2, -0.15) is 0 Å². The molecule has 0 radical (unpaired) electrons. The molecule has 2 fully saturated rings. The highest BCUT2D eigenvalue weighted by Gasteiger charge is 2.32. The van der Waals surface area contributed by atoms with Gasteiger partial charge in [-0.3, -0.25) is 0 Å². The van der Waals surface area contributed by atoms with Crippen LogP contribution in [-0.2, 0) is 0 Å². The number of hydrogen-bond donors (Lipinski definition) is 1. The van der Waals surface area contributed by atoms with Gasteiger partial charge in [-0.1, -0.05) is 49.1 Å². The molecule has 1 aromatic carbocycles. The van der Waals surface area contributed by atoms with Gasteiger partial charge in [0.25, 0.3) is 0 Å². The summed E-state index contributed by atoms with van der Waals surface area (Å²) in [7, 11) is 0. The third-order valence-electron chi connectivity index (χ3n) is 5.51. The molecule has 1 heteroatoms. The summed E-state index contributed by atoms with van der Waals surface area (Å²) >= 11 is 0. The fourth-order valence-electron chi connectivity index (χ4n) is 4.09. The first-order valence-corrected chi connectivity index (χ1v) is 8.55. The summed E-state index contributed by atoms with van der Waals surface area (Å²) < 4.78 is 0. The lowest BCUT2D eigenvalue weighted by Crippen LogP contribution is -2.47. The van der Waals surface area contributed by atoms with Gasteiger partial charge in [0, 0.05) is 12.1 Å². The molecule has 0 aliphatic heterocycles. The van der Waals surface area contributed by atoms with Crippen LogP contribution in [0.4, 0.5) is 0 Å². The van der Waals surface area contributed by atoms with Crippen LogP contribution in [0, 0.1) is 12.8 Å². The molecule has 3 rings (SSSR count). The van der Waals surface area contributed by atoms with E-state index in [0.717, 1.165) is 23.9 Å². The summed E-state index contributed by atoms with van der Waals surface area (Å²) in [6.45, 7) is 4.61. The first kappa shape index (κ1) is 14.1. The predicted octanol–water partition coefficient (Wildman–Crippen LogP) is 4.80. The maximum absolute atomic E-state index is 3.90. The van der Waals surface area contributed by atoms with Crippen LogP contribution in [0.1, 0.15) is 68.9 Å². The number of hydrogen-bond acceptors (Lipinski definition) is 1. The molecule has 0 saturated heterocycles. The molecule has 0 amide bonds. The van der Waals surface area contributed by atoms with Crippen molar-refractivity contribution in [2.75, 3.05) is 0 Å². The minimum absolute atomic E-state index is 0.721. The smallest absolute Gasteiger partial charge is 0.00813 e. The fourth-order valence-corrected chi connectivity index (χ4v) is 4.09. The van der Waals surface area contributed by atoms with Gasteiger partial charge in [0.1, 0.15) is 0 Å². The average molecular weight is 271 g/mol. The van der Waals surface area contributed by atoms with E-state index in [1.54, 1.807) is 5.56 Å². The third kappa shape index (κ3) is 3.25. The maximum Gasteiger partial charge on any atom is 0.00813 e. The summed E-state index contributed by atoms with van der Waals surface area (Å²) in [4.78, 5) is 0. The van der Waals surface area contributed by atoms with Gasteiger partial charge in [-0.05, 0) is 56.9 Å². The molecule has 110 valence electrons. The Labute approximate surface area is 124 Å². The van der Waals surface area contributed by atoms with Gasteiger partial charge in [0.2, 0.25) is 0 Å². The lowest BCUT2D eigenvalue weighted by atomic mass is 9.74. The van der Waals surface area contributed by atoms with Gasteiger partial charge >= 0.3 is 0 Å². The zero-order valence-corrected chi connectivity index (χ0v) is 13.1. The Morgan fingerprint density at radius 3 is 2.55 bits per heavy atom. The summed E-state index contributed by atoms with van der Waals surface area (Å²) in [6, 6.07) is 10.6. The zero-order valence-electron chi connectivity index (χ0n) is 13.1. The van der Waals surface area contributed by atoms with E-state index in [9.17, 15) is 0 Å². The number of aryl methyl sites for hydroxylation is 1. The maximum atomic E-state index is 3.90. The van der Waals surface area contributed by atoms with Gasteiger partial charge in [-0.25, -0.2) is 0 Å². The quantitative estimate of drug-likeness (QED) is 0.829. The molecule has 0 unspecified atom stereocenters. The molecule has 0 spiro atoms. The van der Waals surface area contributed by atoms with Gasteiger partial charge in [0.15, 0.2) is 0 Å². The van der Waals surface area contributed by atoms with Crippen molar-refractivity contribution in [2.24, 2.45) is 5.92 Å². The molecule has 1 aromatic rings. The van der Waals surface area contributed by atoms with Crippen LogP contribution in [0.5, 0.6) is 0 Å². The van der Waals surface area contributed by atoms with Crippen molar-refractivity contribution in [3.05, 3.63) is 35.4 Å². The lowest BCUT2D eigenvalue weighted by molar-refractivity contribution is 0.211. The SMILES string of the molecule is Cc1cccc(C2CC(N[C@H](C)C3CCCCC3)C2)c1. The molecule has 0 heterocycles. The Morgan fingerprint density at radius 1 is 1.10 bits per heavy atom. The summed E-state index contributed by atoms with van der Waals surface area (Å²) in [6.07, 6.45) is 9.92. The Morgan fingerprint density at radius 2 is 1.85 bits per heavy atom. The summed E-state index contributed by atoms with van der Waals surface area (Å²) in [5.74, 6) is 1.73. The van der Waals surface area contributed by atoms with Crippen LogP contribution < -0.4 is 5.32 Å². The van der Waals surface area contributed by atoms with E-state index >= 15 is 0 Å². The van der Waals surface area contributed by atoms with Crippen LogP contribution in [0.25, 0.3) is 0 Å². The molecule has 1 atom stereocenters. The normalized spacial score (nSPS) is 28.9. The van der Waals surface area contributed by atoms with Crippen LogP contribution in [-0.4, -0.2) is 12.1 Å². The van der Waals surface area contributed by atoms with E-state index in [-0.39, 0.29) is 0 Å². The number of rotatable bonds is 4. The van der Waals surface area contributed by atoms with E-state index in [4.69, 9.17) is 0 Å². The van der Waals surface area contributed by atoms with Crippen molar-refractivity contribution in [3.8, 4) is 0 Å².